The number of hydrogen-bond acceptors (Lipinski definition) is 4. The molecule has 2 N–H and O–H groups in total. The van der Waals surface area contributed by atoms with Crippen LogP contribution in [-0.2, 0) is 0 Å². The molecule has 0 radical (unpaired) electrons. The molecule has 0 saturated heterocycles. The van der Waals surface area contributed by atoms with Gasteiger partial charge in [-0.15, -0.1) is 0 Å². The summed E-state index contributed by atoms with van der Waals surface area (Å²) < 4.78 is 0. The number of nitrogens with one attached hydrogen (secondary N) is 2. The predicted octanol–water partition coefficient (Wildman–Crippen LogP) is 5.26. The lowest BCUT2D eigenvalue weighted by Crippen LogP contribution is -2.36. The normalized spacial score (nSPS) is 14.4. The van der Waals surface area contributed by atoms with Gasteiger partial charge in [-0.05, 0) is 44.0 Å². The summed E-state index contributed by atoms with van der Waals surface area (Å²) in [5.41, 5.74) is 4.59. The van der Waals surface area contributed by atoms with Crippen LogP contribution in [0.15, 0.2) is 60.9 Å². The molecule has 29 heavy (non-hydrogen) atoms. The van der Waals surface area contributed by atoms with Crippen molar-refractivity contribution >= 4 is 17.4 Å². The number of anilines is 2. The van der Waals surface area contributed by atoms with Crippen molar-refractivity contribution in [3.05, 3.63) is 72.1 Å². The Morgan fingerprint density at radius 2 is 1.79 bits per heavy atom. The van der Waals surface area contributed by atoms with E-state index in [1.165, 1.54) is 24.8 Å². The number of aromatic nitrogens is 2. The van der Waals surface area contributed by atoms with Crippen molar-refractivity contribution in [2.45, 2.75) is 45.1 Å². The Bertz CT molecular complexity index is 995. The van der Waals surface area contributed by atoms with Gasteiger partial charge in [-0.1, -0.05) is 49.1 Å². The van der Waals surface area contributed by atoms with Crippen molar-refractivity contribution in [2.24, 2.45) is 0 Å². The van der Waals surface area contributed by atoms with Crippen LogP contribution in [0, 0.1) is 6.92 Å². The number of carbonyl (C=O) groups excluding carboxylic acids is 1. The van der Waals surface area contributed by atoms with E-state index in [0.717, 1.165) is 29.8 Å². The molecule has 1 aliphatic rings. The molecule has 3 aromatic rings. The Hall–Kier alpha value is -3.21. The Morgan fingerprint density at radius 1 is 0.966 bits per heavy atom. The first-order chi connectivity index (χ1) is 14.2. The van der Waals surface area contributed by atoms with Gasteiger partial charge in [0.2, 0.25) is 0 Å². The van der Waals surface area contributed by atoms with Gasteiger partial charge in [-0.2, -0.15) is 0 Å². The van der Waals surface area contributed by atoms with Crippen LogP contribution in [0.4, 0.5) is 11.5 Å². The molecule has 1 aliphatic carbocycles. The summed E-state index contributed by atoms with van der Waals surface area (Å²) in [6.07, 6.45) is 7.38. The summed E-state index contributed by atoms with van der Waals surface area (Å²) in [4.78, 5) is 21.3. The molecule has 148 valence electrons. The molecule has 5 heteroatoms. The molecule has 0 unspecified atom stereocenters. The molecule has 5 nitrogen and oxygen atoms in total. The lowest BCUT2D eigenvalue weighted by Gasteiger charge is -2.22. The molecular formula is C24H26N4O. The van der Waals surface area contributed by atoms with Crippen LogP contribution in [0.5, 0.6) is 0 Å². The quantitative estimate of drug-likeness (QED) is 0.628. The molecule has 0 spiro atoms. The largest absolute Gasteiger partial charge is 0.349 e. The summed E-state index contributed by atoms with van der Waals surface area (Å²) in [5, 5.41) is 6.47. The zero-order chi connectivity index (χ0) is 20.1. The highest BCUT2D eigenvalue weighted by atomic mass is 16.1. The number of carbonyl (C=O) groups is 1. The number of rotatable bonds is 5. The van der Waals surface area contributed by atoms with Gasteiger partial charge in [0.05, 0.1) is 5.69 Å². The fraction of sp³-hybridized carbons (Fsp3) is 0.292. The SMILES string of the molecule is Cc1cccc(-c2cc(Nc3cccc(C(=O)NC4CCCCC4)c3)ncn2)c1. The molecule has 2 aromatic carbocycles. The van der Waals surface area contributed by atoms with Crippen LogP contribution in [0.1, 0.15) is 48.0 Å². The Morgan fingerprint density at radius 3 is 2.62 bits per heavy atom. The van der Waals surface area contributed by atoms with Gasteiger partial charge in [-0.25, -0.2) is 9.97 Å². The minimum Gasteiger partial charge on any atom is -0.349 e. The van der Waals surface area contributed by atoms with Crippen molar-refractivity contribution in [1.82, 2.24) is 15.3 Å². The molecule has 1 heterocycles. The van der Waals surface area contributed by atoms with E-state index in [1.807, 2.05) is 42.5 Å². The number of hydrogen-bond donors (Lipinski definition) is 2. The van der Waals surface area contributed by atoms with Gasteiger partial charge in [0.1, 0.15) is 12.1 Å². The number of nitrogens with zero attached hydrogens (tertiary/aromatic N) is 2. The average molecular weight is 386 g/mol. The molecule has 0 aliphatic heterocycles. The molecule has 1 saturated carbocycles. The van der Waals surface area contributed by atoms with E-state index in [-0.39, 0.29) is 5.91 Å². The van der Waals surface area contributed by atoms with Crippen LogP contribution >= 0.6 is 0 Å². The summed E-state index contributed by atoms with van der Waals surface area (Å²) in [6, 6.07) is 18.0. The average Bonchev–Trinajstić information content (AvgIpc) is 2.75. The first kappa shape index (κ1) is 19.1. The summed E-state index contributed by atoms with van der Waals surface area (Å²) in [5.74, 6) is 0.685. The van der Waals surface area contributed by atoms with Crippen molar-refractivity contribution in [1.29, 1.82) is 0 Å². The maximum atomic E-state index is 12.6. The number of amides is 1. The number of benzene rings is 2. The van der Waals surface area contributed by atoms with E-state index in [1.54, 1.807) is 6.33 Å². The minimum absolute atomic E-state index is 0.0105. The van der Waals surface area contributed by atoms with Crippen LogP contribution in [0.25, 0.3) is 11.3 Å². The fourth-order valence-electron chi connectivity index (χ4n) is 3.79. The van der Waals surface area contributed by atoms with E-state index in [2.05, 4.69) is 39.7 Å². The molecule has 4 rings (SSSR count). The highest BCUT2D eigenvalue weighted by molar-refractivity contribution is 5.95. The molecule has 0 bridgehead atoms. The lowest BCUT2D eigenvalue weighted by molar-refractivity contribution is 0.0928. The Kier molecular flexibility index (Phi) is 5.84. The van der Waals surface area contributed by atoms with Crippen LogP contribution < -0.4 is 10.6 Å². The Labute approximate surface area is 171 Å². The molecular weight excluding hydrogens is 360 g/mol. The lowest BCUT2D eigenvalue weighted by atomic mass is 9.95. The third kappa shape index (κ3) is 4.99. The Balaban J connectivity index is 1.48. The zero-order valence-corrected chi connectivity index (χ0v) is 16.7. The van der Waals surface area contributed by atoms with Crippen LogP contribution in [-0.4, -0.2) is 21.9 Å². The third-order valence-corrected chi connectivity index (χ3v) is 5.32. The maximum absolute atomic E-state index is 12.6. The van der Waals surface area contributed by atoms with E-state index < -0.39 is 0 Å². The third-order valence-electron chi connectivity index (χ3n) is 5.32. The van der Waals surface area contributed by atoms with Crippen molar-refractivity contribution in [2.75, 3.05) is 5.32 Å². The van der Waals surface area contributed by atoms with Gasteiger partial charge in [-0.3, -0.25) is 4.79 Å². The van der Waals surface area contributed by atoms with Gasteiger partial charge in [0, 0.05) is 28.9 Å². The van der Waals surface area contributed by atoms with E-state index >= 15 is 0 Å². The first-order valence-corrected chi connectivity index (χ1v) is 10.2. The second kappa shape index (κ2) is 8.86. The van der Waals surface area contributed by atoms with Gasteiger partial charge in [0.15, 0.2) is 0 Å². The molecule has 1 fully saturated rings. The summed E-state index contributed by atoms with van der Waals surface area (Å²) in [7, 11) is 0. The molecule has 1 aromatic heterocycles. The van der Waals surface area contributed by atoms with Gasteiger partial charge >= 0.3 is 0 Å². The smallest absolute Gasteiger partial charge is 0.251 e. The molecule has 0 atom stereocenters. The summed E-state index contributed by atoms with van der Waals surface area (Å²) >= 11 is 0. The van der Waals surface area contributed by atoms with Crippen molar-refractivity contribution in [3.63, 3.8) is 0 Å². The second-order valence-electron chi connectivity index (χ2n) is 7.67. The first-order valence-electron chi connectivity index (χ1n) is 10.2. The minimum atomic E-state index is -0.0105. The zero-order valence-electron chi connectivity index (χ0n) is 16.7. The van der Waals surface area contributed by atoms with E-state index in [0.29, 0.717) is 17.4 Å². The van der Waals surface area contributed by atoms with Crippen molar-refractivity contribution in [3.8, 4) is 11.3 Å². The predicted molar refractivity (Wildman–Crippen MR) is 116 cm³/mol. The summed E-state index contributed by atoms with van der Waals surface area (Å²) in [6.45, 7) is 2.06. The standard InChI is InChI=1S/C24H26N4O/c1-17-7-5-8-18(13-17)22-15-23(26-16-25-22)27-21-12-6-9-19(14-21)24(29)28-20-10-3-2-4-11-20/h5-9,12-16,20H,2-4,10-11H2,1H3,(H,28,29)(H,25,26,27). The number of aryl methyl sites for hydroxylation is 1. The van der Waals surface area contributed by atoms with E-state index in [4.69, 9.17) is 0 Å². The van der Waals surface area contributed by atoms with Crippen LogP contribution in [0.2, 0.25) is 0 Å². The van der Waals surface area contributed by atoms with Crippen LogP contribution in [0.3, 0.4) is 0 Å². The fourth-order valence-corrected chi connectivity index (χ4v) is 3.79. The topological polar surface area (TPSA) is 66.9 Å². The monoisotopic (exact) mass is 386 g/mol. The van der Waals surface area contributed by atoms with Crippen molar-refractivity contribution < 1.29 is 4.79 Å². The second-order valence-corrected chi connectivity index (χ2v) is 7.67. The highest BCUT2D eigenvalue weighted by Crippen LogP contribution is 2.23. The maximum Gasteiger partial charge on any atom is 0.251 e. The molecule has 1 amide bonds. The van der Waals surface area contributed by atoms with Gasteiger partial charge < -0.3 is 10.6 Å². The van der Waals surface area contributed by atoms with Gasteiger partial charge in [0.25, 0.3) is 5.91 Å². The van der Waals surface area contributed by atoms with E-state index in [9.17, 15) is 4.79 Å². The highest BCUT2D eigenvalue weighted by Gasteiger charge is 2.16.